The summed E-state index contributed by atoms with van der Waals surface area (Å²) >= 11 is 1.81. The van der Waals surface area contributed by atoms with E-state index in [1.165, 1.54) is 11.1 Å². The number of amides is 1. The summed E-state index contributed by atoms with van der Waals surface area (Å²) in [6.07, 6.45) is 0.634. The van der Waals surface area contributed by atoms with Crippen molar-refractivity contribution in [2.75, 3.05) is 18.8 Å². The molecule has 1 saturated heterocycles. The highest BCUT2D eigenvalue weighted by Gasteiger charge is 2.42. The molecule has 1 amide bonds. The number of nitrogens with one attached hydrogen (secondary N) is 2. The Balaban J connectivity index is 0.00000176. The van der Waals surface area contributed by atoms with Crippen molar-refractivity contribution in [2.45, 2.75) is 30.1 Å². The molecule has 2 atom stereocenters. The summed E-state index contributed by atoms with van der Waals surface area (Å²) in [5.41, 5.74) is 2.57. The zero-order chi connectivity index (χ0) is 14.9. The molecule has 3 nitrogen and oxygen atoms in total. The molecule has 0 bridgehead atoms. The molecule has 0 aromatic heterocycles. The van der Waals surface area contributed by atoms with Gasteiger partial charge in [0.2, 0.25) is 5.91 Å². The van der Waals surface area contributed by atoms with E-state index in [1.54, 1.807) is 11.8 Å². The van der Waals surface area contributed by atoms with Gasteiger partial charge in [0.05, 0.1) is 12.6 Å². The number of thioether (sulfide) groups is 1. The maximum atomic E-state index is 13.1. The Morgan fingerprint density at radius 2 is 2.18 bits per heavy atom. The molecule has 1 aromatic carbocycles. The second kappa shape index (κ2) is 7.15. The van der Waals surface area contributed by atoms with Gasteiger partial charge in [0.15, 0.2) is 0 Å². The highest BCUT2D eigenvalue weighted by atomic mass is 35.5. The van der Waals surface area contributed by atoms with Crippen LogP contribution in [-0.2, 0) is 11.2 Å². The van der Waals surface area contributed by atoms with Crippen molar-refractivity contribution < 1.29 is 13.6 Å². The third-order valence-electron chi connectivity index (χ3n) is 3.98. The van der Waals surface area contributed by atoms with Crippen LogP contribution in [0.1, 0.15) is 22.8 Å². The Morgan fingerprint density at radius 1 is 1.41 bits per heavy atom. The third kappa shape index (κ3) is 3.91. The first kappa shape index (κ1) is 17.5. The van der Waals surface area contributed by atoms with Gasteiger partial charge in [-0.3, -0.25) is 10.1 Å². The van der Waals surface area contributed by atoms with Gasteiger partial charge in [0, 0.05) is 18.2 Å². The number of aryl methyl sites for hydroxylation is 1. The van der Waals surface area contributed by atoms with Crippen LogP contribution >= 0.6 is 24.2 Å². The SMILES string of the molecule is Cl.O=C(NCC1SCCc2ccccc21)C1CC(F)(F)CN1. The summed E-state index contributed by atoms with van der Waals surface area (Å²) in [5, 5.41) is 5.61. The van der Waals surface area contributed by atoms with Gasteiger partial charge < -0.3 is 5.32 Å². The van der Waals surface area contributed by atoms with Crippen LogP contribution in [0.25, 0.3) is 0 Å². The fourth-order valence-electron chi connectivity index (χ4n) is 2.86. The minimum absolute atomic E-state index is 0. The van der Waals surface area contributed by atoms with Gasteiger partial charge in [-0.25, -0.2) is 8.78 Å². The maximum absolute atomic E-state index is 13.1. The van der Waals surface area contributed by atoms with Crippen LogP contribution in [0.3, 0.4) is 0 Å². The van der Waals surface area contributed by atoms with Crippen molar-refractivity contribution in [1.82, 2.24) is 10.6 Å². The molecule has 3 rings (SSSR count). The van der Waals surface area contributed by atoms with Gasteiger partial charge in [-0.1, -0.05) is 24.3 Å². The number of carbonyl (C=O) groups is 1. The number of halogens is 3. The van der Waals surface area contributed by atoms with Gasteiger partial charge in [0.1, 0.15) is 0 Å². The second-order valence-corrected chi connectivity index (χ2v) is 6.86. The van der Waals surface area contributed by atoms with E-state index < -0.39 is 24.9 Å². The molecule has 7 heteroatoms. The normalized spacial score (nSPS) is 25.9. The van der Waals surface area contributed by atoms with E-state index in [1.807, 2.05) is 12.1 Å². The Bertz CT molecular complexity index is 544. The summed E-state index contributed by atoms with van der Waals surface area (Å²) in [4.78, 5) is 12.0. The Kier molecular flexibility index (Phi) is 5.69. The lowest BCUT2D eigenvalue weighted by molar-refractivity contribution is -0.123. The first-order valence-electron chi connectivity index (χ1n) is 7.13. The van der Waals surface area contributed by atoms with Crippen LogP contribution in [-0.4, -0.2) is 36.7 Å². The van der Waals surface area contributed by atoms with Crippen molar-refractivity contribution >= 4 is 30.1 Å². The molecule has 122 valence electrons. The van der Waals surface area contributed by atoms with Crippen molar-refractivity contribution in [3.05, 3.63) is 35.4 Å². The molecule has 2 aliphatic heterocycles. The van der Waals surface area contributed by atoms with Crippen LogP contribution in [0.15, 0.2) is 24.3 Å². The van der Waals surface area contributed by atoms with Crippen molar-refractivity contribution in [3.8, 4) is 0 Å². The summed E-state index contributed by atoms with van der Waals surface area (Å²) < 4.78 is 26.2. The summed E-state index contributed by atoms with van der Waals surface area (Å²) in [5.74, 6) is -2.07. The number of hydrogen-bond donors (Lipinski definition) is 2. The van der Waals surface area contributed by atoms with Crippen LogP contribution in [0, 0.1) is 0 Å². The average molecular weight is 349 g/mol. The first-order chi connectivity index (χ1) is 10.1. The zero-order valence-corrected chi connectivity index (χ0v) is 13.6. The Hall–Kier alpha value is -0.850. The number of benzene rings is 1. The maximum Gasteiger partial charge on any atom is 0.262 e. The van der Waals surface area contributed by atoms with Crippen molar-refractivity contribution in [2.24, 2.45) is 0 Å². The number of fused-ring (bicyclic) bond motifs is 1. The number of rotatable bonds is 3. The molecule has 2 N–H and O–H groups in total. The highest BCUT2D eigenvalue weighted by Crippen LogP contribution is 2.36. The zero-order valence-electron chi connectivity index (χ0n) is 12.0. The fourth-order valence-corrected chi connectivity index (χ4v) is 4.10. The minimum Gasteiger partial charge on any atom is -0.353 e. The molecular weight excluding hydrogens is 330 g/mol. The van der Waals surface area contributed by atoms with Crippen LogP contribution in [0.5, 0.6) is 0 Å². The average Bonchev–Trinajstić information content (AvgIpc) is 2.85. The predicted octanol–water partition coefficient (Wildman–Crippen LogP) is 2.55. The second-order valence-electron chi connectivity index (χ2n) is 5.55. The van der Waals surface area contributed by atoms with Crippen LogP contribution in [0.4, 0.5) is 8.78 Å². The first-order valence-corrected chi connectivity index (χ1v) is 8.18. The number of hydrogen-bond acceptors (Lipinski definition) is 3. The van der Waals surface area contributed by atoms with E-state index in [2.05, 4.69) is 22.8 Å². The molecule has 0 radical (unpaired) electrons. The Labute approximate surface area is 139 Å². The van der Waals surface area contributed by atoms with E-state index in [-0.39, 0.29) is 23.6 Å². The van der Waals surface area contributed by atoms with Crippen LogP contribution in [0.2, 0.25) is 0 Å². The van der Waals surface area contributed by atoms with E-state index in [4.69, 9.17) is 0 Å². The standard InChI is InChI=1S/C15H18F2N2OS.ClH/c16-15(17)7-12(19-9-15)14(20)18-8-13-11-4-2-1-3-10(11)5-6-21-13;/h1-4,12-13,19H,5-9H2,(H,18,20);1H. The van der Waals surface area contributed by atoms with Gasteiger partial charge in [0.25, 0.3) is 5.92 Å². The molecule has 2 heterocycles. The summed E-state index contributed by atoms with van der Waals surface area (Å²) in [6.45, 7) is 0.0797. The van der Waals surface area contributed by atoms with Gasteiger partial charge in [-0.15, -0.1) is 12.4 Å². The summed E-state index contributed by atoms with van der Waals surface area (Å²) in [7, 11) is 0. The Morgan fingerprint density at radius 3 is 2.91 bits per heavy atom. The lowest BCUT2D eigenvalue weighted by atomic mass is 10.0. The quantitative estimate of drug-likeness (QED) is 0.882. The van der Waals surface area contributed by atoms with Gasteiger partial charge >= 0.3 is 0 Å². The topological polar surface area (TPSA) is 41.1 Å². The van der Waals surface area contributed by atoms with Crippen molar-refractivity contribution in [1.29, 1.82) is 0 Å². The molecule has 22 heavy (non-hydrogen) atoms. The molecule has 1 aromatic rings. The van der Waals surface area contributed by atoms with E-state index in [0.29, 0.717) is 6.54 Å². The third-order valence-corrected chi connectivity index (χ3v) is 5.24. The molecule has 0 saturated carbocycles. The van der Waals surface area contributed by atoms with Crippen molar-refractivity contribution in [3.63, 3.8) is 0 Å². The highest BCUT2D eigenvalue weighted by molar-refractivity contribution is 7.99. The van der Waals surface area contributed by atoms with E-state index in [0.717, 1.165) is 12.2 Å². The monoisotopic (exact) mass is 348 g/mol. The molecular formula is C15H19ClF2N2OS. The minimum atomic E-state index is -2.77. The summed E-state index contributed by atoms with van der Waals surface area (Å²) in [6, 6.07) is 7.44. The molecule has 0 aliphatic carbocycles. The lowest BCUT2D eigenvalue weighted by Crippen LogP contribution is -2.41. The molecule has 0 spiro atoms. The number of alkyl halides is 2. The fraction of sp³-hybridized carbons (Fsp3) is 0.533. The van der Waals surface area contributed by atoms with E-state index in [9.17, 15) is 13.6 Å². The lowest BCUT2D eigenvalue weighted by Gasteiger charge is -2.25. The molecule has 2 unspecified atom stereocenters. The number of carbonyl (C=O) groups excluding carboxylic acids is 1. The molecule has 1 fully saturated rings. The predicted molar refractivity (Wildman–Crippen MR) is 87.0 cm³/mol. The van der Waals surface area contributed by atoms with Gasteiger partial charge in [-0.05, 0) is 23.3 Å². The van der Waals surface area contributed by atoms with E-state index >= 15 is 0 Å². The van der Waals surface area contributed by atoms with Crippen LogP contribution < -0.4 is 10.6 Å². The largest absolute Gasteiger partial charge is 0.353 e. The molecule has 2 aliphatic rings. The smallest absolute Gasteiger partial charge is 0.262 e. The van der Waals surface area contributed by atoms with Gasteiger partial charge in [-0.2, -0.15) is 11.8 Å².